The smallest absolute Gasteiger partial charge is 0.405 e. The van der Waals surface area contributed by atoms with Gasteiger partial charge in [0, 0.05) is 12.1 Å². The van der Waals surface area contributed by atoms with Gasteiger partial charge < -0.3 is 10.4 Å². The van der Waals surface area contributed by atoms with Gasteiger partial charge >= 0.3 is 6.09 Å². The van der Waals surface area contributed by atoms with Crippen molar-refractivity contribution in [3.8, 4) is 0 Å². The second-order valence-corrected chi connectivity index (χ2v) is 9.36. The monoisotopic (exact) mass is 356 g/mol. The summed E-state index contributed by atoms with van der Waals surface area (Å²) < 4.78 is 27.1. The van der Waals surface area contributed by atoms with Gasteiger partial charge in [-0.1, -0.05) is 32.9 Å². The number of amides is 1. The topological polar surface area (TPSA) is 95.5 Å². The lowest BCUT2D eigenvalue weighted by atomic mass is 9.87. The molecule has 136 valence electrons. The van der Waals surface area contributed by atoms with Crippen LogP contribution in [0.5, 0.6) is 0 Å². The second kappa shape index (κ2) is 7.53. The fourth-order valence-corrected chi connectivity index (χ4v) is 3.38. The molecule has 0 unspecified atom stereocenters. The number of carboxylic acid groups (broad SMARTS) is 1. The molecule has 0 fully saturated rings. The number of nitrogens with one attached hydrogen (secondary N) is 2. The maximum Gasteiger partial charge on any atom is 0.405 e. The summed E-state index contributed by atoms with van der Waals surface area (Å²) in [6.07, 6.45) is -0.0169. The van der Waals surface area contributed by atoms with E-state index in [1.807, 2.05) is 12.1 Å². The number of hydrogen-bond donors (Lipinski definition) is 3. The van der Waals surface area contributed by atoms with Crippen molar-refractivity contribution in [2.45, 2.75) is 63.3 Å². The number of sulfonamides is 1. The molecule has 1 rings (SSSR count). The third-order valence-electron chi connectivity index (χ3n) is 3.75. The zero-order chi connectivity index (χ0) is 18.6. The Kier molecular flexibility index (Phi) is 6.41. The molecule has 0 aromatic heterocycles. The first-order valence-electron chi connectivity index (χ1n) is 7.95. The Morgan fingerprint density at radius 3 is 2.08 bits per heavy atom. The molecule has 24 heavy (non-hydrogen) atoms. The van der Waals surface area contributed by atoms with E-state index >= 15 is 0 Å². The van der Waals surface area contributed by atoms with Crippen LogP contribution in [0, 0.1) is 0 Å². The van der Waals surface area contributed by atoms with Gasteiger partial charge in [-0.05, 0) is 49.8 Å². The summed E-state index contributed by atoms with van der Waals surface area (Å²) in [6, 6.07) is 6.88. The molecule has 0 saturated carbocycles. The third kappa shape index (κ3) is 6.49. The van der Waals surface area contributed by atoms with Crippen molar-refractivity contribution in [1.82, 2.24) is 10.0 Å². The number of rotatable bonds is 7. The summed E-state index contributed by atoms with van der Waals surface area (Å²) >= 11 is 0. The predicted molar refractivity (Wildman–Crippen MR) is 94.8 cm³/mol. The standard InChI is InChI=1S/C17H28N2O4S/c1-16(2,3)13-7-9-14(10-8-13)24(22,23)18-12-6-11-17(4,5)19-15(20)21/h7-10,18-19H,6,11-12H2,1-5H3,(H,20,21). The quantitative estimate of drug-likeness (QED) is 0.654. The molecule has 0 radical (unpaired) electrons. The zero-order valence-electron chi connectivity index (χ0n) is 15.0. The highest BCUT2D eigenvalue weighted by atomic mass is 32.2. The van der Waals surface area contributed by atoms with Crippen LogP contribution in [0.2, 0.25) is 0 Å². The summed E-state index contributed by atoms with van der Waals surface area (Å²) in [4.78, 5) is 10.9. The van der Waals surface area contributed by atoms with E-state index in [1.54, 1.807) is 26.0 Å². The van der Waals surface area contributed by atoms with Crippen molar-refractivity contribution in [1.29, 1.82) is 0 Å². The Bertz CT molecular complexity index is 659. The van der Waals surface area contributed by atoms with Crippen LogP contribution in [-0.4, -0.2) is 31.7 Å². The molecule has 7 heteroatoms. The van der Waals surface area contributed by atoms with Gasteiger partial charge in [-0.3, -0.25) is 0 Å². The molecule has 0 aliphatic carbocycles. The Hall–Kier alpha value is -1.60. The minimum atomic E-state index is -3.55. The normalized spacial score (nSPS) is 12.9. The Labute approximate surface area is 144 Å². The van der Waals surface area contributed by atoms with Crippen LogP contribution < -0.4 is 10.0 Å². The van der Waals surface area contributed by atoms with E-state index in [0.717, 1.165) is 5.56 Å². The molecule has 1 aromatic carbocycles. The van der Waals surface area contributed by atoms with Gasteiger partial charge in [0.1, 0.15) is 0 Å². The number of benzene rings is 1. The SMILES string of the molecule is CC(C)(CCCNS(=O)(=O)c1ccc(C(C)(C)C)cc1)NC(=O)O. The Morgan fingerprint density at radius 1 is 1.08 bits per heavy atom. The highest BCUT2D eigenvalue weighted by Crippen LogP contribution is 2.23. The van der Waals surface area contributed by atoms with Crippen LogP contribution in [0.15, 0.2) is 29.2 Å². The lowest BCUT2D eigenvalue weighted by Crippen LogP contribution is -2.43. The lowest BCUT2D eigenvalue weighted by molar-refractivity contribution is 0.180. The molecule has 0 heterocycles. The molecule has 0 bridgehead atoms. The van der Waals surface area contributed by atoms with E-state index in [9.17, 15) is 13.2 Å². The second-order valence-electron chi connectivity index (χ2n) is 7.59. The predicted octanol–water partition coefficient (Wildman–Crippen LogP) is 3.09. The minimum absolute atomic E-state index is 0.0293. The molecular weight excluding hydrogens is 328 g/mol. The molecule has 0 spiro atoms. The maximum absolute atomic E-state index is 12.3. The first kappa shape index (κ1) is 20.4. The molecular formula is C17H28N2O4S. The summed E-state index contributed by atoms with van der Waals surface area (Å²) in [5.41, 5.74) is 0.451. The molecule has 0 saturated heterocycles. The van der Waals surface area contributed by atoms with Crippen LogP contribution in [0.4, 0.5) is 4.79 Å². The van der Waals surface area contributed by atoms with Crippen molar-refractivity contribution >= 4 is 16.1 Å². The van der Waals surface area contributed by atoms with E-state index in [-0.39, 0.29) is 16.9 Å². The summed E-state index contributed by atoms with van der Waals surface area (Å²) in [5, 5.41) is 11.1. The van der Waals surface area contributed by atoms with Crippen LogP contribution in [0.3, 0.4) is 0 Å². The van der Waals surface area contributed by atoms with Crippen LogP contribution in [-0.2, 0) is 15.4 Å². The van der Waals surface area contributed by atoms with E-state index < -0.39 is 21.7 Å². The van der Waals surface area contributed by atoms with Crippen molar-refractivity contribution in [3.63, 3.8) is 0 Å². The van der Waals surface area contributed by atoms with Crippen LogP contribution in [0.25, 0.3) is 0 Å². The van der Waals surface area contributed by atoms with E-state index in [0.29, 0.717) is 12.8 Å². The first-order valence-corrected chi connectivity index (χ1v) is 9.43. The highest BCUT2D eigenvalue weighted by Gasteiger charge is 2.21. The molecule has 6 nitrogen and oxygen atoms in total. The van der Waals surface area contributed by atoms with Crippen LogP contribution in [0.1, 0.15) is 53.0 Å². The summed E-state index contributed by atoms with van der Waals surface area (Å²) in [6.45, 7) is 10.0. The van der Waals surface area contributed by atoms with Gasteiger partial charge in [0.05, 0.1) is 4.90 Å². The maximum atomic E-state index is 12.3. The van der Waals surface area contributed by atoms with Gasteiger partial charge in [-0.25, -0.2) is 17.9 Å². The van der Waals surface area contributed by atoms with Crippen molar-refractivity contribution in [2.24, 2.45) is 0 Å². The van der Waals surface area contributed by atoms with Gasteiger partial charge in [0.25, 0.3) is 0 Å². The van der Waals surface area contributed by atoms with Crippen molar-refractivity contribution in [2.75, 3.05) is 6.54 Å². The van der Waals surface area contributed by atoms with E-state index in [4.69, 9.17) is 5.11 Å². The first-order chi connectivity index (χ1) is 10.8. The highest BCUT2D eigenvalue weighted by molar-refractivity contribution is 7.89. The lowest BCUT2D eigenvalue weighted by Gasteiger charge is -2.24. The summed E-state index contributed by atoms with van der Waals surface area (Å²) in [7, 11) is -3.55. The third-order valence-corrected chi connectivity index (χ3v) is 5.22. The molecule has 3 N–H and O–H groups in total. The molecule has 1 aromatic rings. The van der Waals surface area contributed by atoms with E-state index in [2.05, 4.69) is 30.8 Å². The van der Waals surface area contributed by atoms with Gasteiger partial charge in [0.2, 0.25) is 10.0 Å². The Balaban J connectivity index is 2.60. The zero-order valence-corrected chi connectivity index (χ0v) is 15.8. The molecule has 0 atom stereocenters. The minimum Gasteiger partial charge on any atom is -0.465 e. The van der Waals surface area contributed by atoms with Gasteiger partial charge in [-0.2, -0.15) is 0 Å². The van der Waals surface area contributed by atoms with Gasteiger partial charge in [-0.15, -0.1) is 0 Å². The summed E-state index contributed by atoms with van der Waals surface area (Å²) in [5.74, 6) is 0. The van der Waals surface area contributed by atoms with E-state index in [1.165, 1.54) is 0 Å². The van der Waals surface area contributed by atoms with Crippen LogP contribution >= 0.6 is 0 Å². The largest absolute Gasteiger partial charge is 0.465 e. The number of hydrogen-bond acceptors (Lipinski definition) is 3. The molecule has 0 aliphatic heterocycles. The fourth-order valence-electron chi connectivity index (χ4n) is 2.31. The average molecular weight is 356 g/mol. The van der Waals surface area contributed by atoms with Crippen molar-refractivity contribution < 1.29 is 18.3 Å². The Morgan fingerprint density at radius 2 is 1.62 bits per heavy atom. The molecule has 0 aliphatic rings. The number of carbonyl (C=O) groups is 1. The van der Waals surface area contributed by atoms with Gasteiger partial charge in [0.15, 0.2) is 0 Å². The average Bonchev–Trinajstić information content (AvgIpc) is 2.41. The fraction of sp³-hybridized carbons (Fsp3) is 0.588. The molecule has 1 amide bonds. The van der Waals surface area contributed by atoms with Crippen molar-refractivity contribution in [3.05, 3.63) is 29.8 Å².